The van der Waals surface area contributed by atoms with Crippen LogP contribution in [0.25, 0.3) is 0 Å². The fourth-order valence-corrected chi connectivity index (χ4v) is 4.39. The summed E-state index contributed by atoms with van der Waals surface area (Å²) in [4.78, 5) is 12.0. The van der Waals surface area contributed by atoms with E-state index in [1.807, 2.05) is 20.8 Å². The van der Waals surface area contributed by atoms with Crippen LogP contribution in [0, 0.1) is 5.41 Å². The molecular weight excluding hydrogens is 492 g/mol. The molecule has 0 aliphatic carbocycles. The molecule has 2 aliphatic rings. The molecule has 12 nitrogen and oxygen atoms in total. The lowest BCUT2D eigenvalue weighted by Gasteiger charge is -2.46. The standard InChI is InChI=1S/C25H46O12/c1-13(9-7-5-6-8-10-16(28)25(2,3)4)34-24-22(20(32)18(30)15(12-27)36-24)37-23-21(33)19(31)17(29)14(11-26)35-23/h13-15,17-24,26-27,29-33H,5-12H2,1-4H3. The Labute approximate surface area is 218 Å². The number of unbranched alkanes of at least 4 members (excludes halogenated alkanes) is 3. The first kappa shape index (κ1) is 32.4. The van der Waals surface area contributed by atoms with Gasteiger partial charge in [0.1, 0.15) is 54.6 Å². The number of Topliss-reactive ketones (excluding diaryl/α,β-unsaturated/α-hetero) is 1. The molecule has 0 spiro atoms. The van der Waals surface area contributed by atoms with E-state index < -0.39 is 74.6 Å². The molecule has 0 amide bonds. The first-order valence-electron chi connectivity index (χ1n) is 13.1. The van der Waals surface area contributed by atoms with Gasteiger partial charge in [-0.1, -0.05) is 40.0 Å². The summed E-state index contributed by atoms with van der Waals surface area (Å²) in [5, 5.41) is 70.3. The van der Waals surface area contributed by atoms with Gasteiger partial charge in [-0.25, -0.2) is 0 Å². The third-order valence-electron chi connectivity index (χ3n) is 6.93. The van der Waals surface area contributed by atoms with E-state index in [4.69, 9.17) is 18.9 Å². The number of carbonyl (C=O) groups is 1. The monoisotopic (exact) mass is 538 g/mol. The van der Waals surface area contributed by atoms with Crippen molar-refractivity contribution in [3.8, 4) is 0 Å². The quantitative estimate of drug-likeness (QED) is 0.141. The molecule has 11 unspecified atom stereocenters. The number of aliphatic hydroxyl groups is 7. The third-order valence-corrected chi connectivity index (χ3v) is 6.93. The number of rotatable bonds is 13. The van der Waals surface area contributed by atoms with E-state index in [2.05, 4.69) is 0 Å². The van der Waals surface area contributed by atoms with E-state index in [1.54, 1.807) is 6.92 Å². The van der Waals surface area contributed by atoms with E-state index in [-0.39, 0.29) is 17.3 Å². The SMILES string of the molecule is CC(CCCCCCC(=O)C(C)(C)C)OC1OC(CO)C(O)C(O)C1OC1OC(CO)C(O)C(O)C1O. The Morgan fingerprint density at radius 1 is 0.784 bits per heavy atom. The van der Waals surface area contributed by atoms with Crippen LogP contribution in [0.2, 0.25) is 0 Å². The summed E-state index contributed by atoms with van der Waals surface area (Å²) >= 11 is 0. The second-order valence-electron chi connectivity index (χ2n) is 11.1. The summed E-state index contributed by atoms with van der Waals surface area (Å²) < 4.78 is 22.6. The van der Waals surface area contributed by atoms with Gasteiger partial charge < -0.3 is 54.7 Å². The molecule has 2 fully saturated rings. The number of aliphatic hydroxyl groups excluding tert-OH is 7. The van der Waals surface area contributed by atoms with E-state index in [0.29, 0.717) is 12.8 Å². The molecule has 2 rings (SSSR count). The maximum atomic E-state index is 12.0. The highest BCUT2D eigenvalue weighted by atomic mass is 16.8. The highest BCUT2D eigenvalue weighted by Crippen LogP contribution is 2.30. The summed E-state index contributed by atoms with van der Waals surface area (Å²) in [7, 11) is 0. The number of ketones is 1. The Morgan fingerprint density at radius 3 is 1.89 bits per heavy atom. The van der Waals surface area contributed by atoms with Crippen molar-refractivity contribution in [2.24, 2.45) is 5.41 Å². The van der Waals surface area contributed by atoms with Gasteiger partial charge in [0.15, 0.2) is 12.6 Å². The third kappa shape index (κ3) is 8.87. The van der Waals surface area contributed by atoms with Crippen molar-refractivity contribution in [1.29, 1.82) is 0 Å². The largest absolute Gasteiger partial charge is 0.394 e. The summed E-state index contributed by atoms with van der Waals surface area (Å²) in [5.41, 5.74) is -0.332. The lowest BCUT2D eigenvalue weighted by Crippen LogP contribution is -2.64. The van der Waals surface area contributed by atoms with Gasteiger partial charge in [-0.05, 0) is 19.8 Å². The molecule has 2 saturated heterocycles. The first-order chi connectivity index (χ1) is 17.3. The van der Waals surface area contributed by atoms with Crippen LogP contribution in [0.4, 0.5) is 0 Å². The highest BCUT2D eigenvalue weighted by molar-refractivity contribution is 5.83. The van der Waals surface area contributed by atoms with Crippen molar-refractivity contribution < 1.29 is 59.5 Å². The molecule has 2 heterocycles. The second-order valence-corrected chi connectivity index (χ2v) is 11.1. The zero-order valence-electron chi connectivity index (χ0n) is 22.2. The van der Waals surface area contributed by atoms with Gasteiger partial charge in [-0.2, -0.15) is 0 Å². The summed E-state index contributed by atoms with van der Waals surface area (Å²) in [6, 6.07) is 0. The summed E-state index contributed by atoms with van der Waals surface area (Å²) in [6.45, 7) is 6.27. The van der Waals surface area contributed by atoms with E-state index >= 15 is 0 Å². The molecule has 0 saturated carbocycles. The Balaban J connectivity index is 1.94. The van der Waals surface area contributed by atoms with Crippen molar-refractivity contribution >= 4 is 5.78 Å². The maximum absolute atomic E-state index is 12.0. The second kappa shape index (κ2) is 14.6. The minimum Gasteiger partial charge on any atom is -0.394 e. The van der Waals surface area contributed by atoms with Crippen LogP contribution >= 0.6 is 0 Å². The molecule has 218 valence electrons. The van der Waals surface area contributed by atoms with Crippen molar-refractivity contribution in [2.75, 3.05) is 13.2 Å². The Kier molecular flexibility index (Phi) is 12.8. The molecule has 0 aromatic carbocycles. The van der Waals surface area contributed by atoms with Crippen molar-refractivity contribution in [2.45, 2.75) is 134 Å². The molecule has 0 aromatic heterocycles. The lowest BCUT2D eigenvalue weighted by atomic mass is 9.88. The predicted octanol–water partition coefficient (Wildman–Crippen LogP) is -1.03. The number of carbonyl (C=O) groups excluding carboxylic acids is 1. The zero-order chi connectivity index (χ0) is 27.9. The van der Waals surface area contributed by atoms with Gasteiger partial charge in [0.05, 0.1) is 19.3 Å². The molecule has 0 bridgehead atoms. The molecule has 0 aromatic rings. The average Bonchev–Trinajstić information content (AvgIpc) is 2.84. The van der Waals surface area contributed by atoms with Gasteiger partial charge >= 0.3 is 0 Å². The van der Waals surface area contributed by atoms with Crippen LogP contribution < -0.4 is 0 Å². The van der Waals surface area contributed by atoms with Crippen LogP contribution in [0.3, 0.4) is 0 Å². The average molecular weight is 539 g/mol. The van der Waals surface area contributed by atoms with Crippen molar-refractivity contribution in [1.82, 2.24) is 0 Å². The van der Waals surface area contributed by atoms with Gasteiger partial charge in [0.25, 0.3) is 0 Å². The van der Waals surface area contributed by atoms with Gasteiger partial charge in [-0.15, -0.1) is 0 Å². The topological polar surface area (TPSA) is 196 Å². The van der Waals surface area contributed by atoms with Crippen LogP contribution in [-0.2, 0) is 23.7 Å². The predicted molar refractivity (Wildman–Crippen MR) is 129 cm³/mol. The normalized spacial score (nSPS) is 37.9. The van der Waals surface area contributed by atoms with Crippen molar-refractivity contribution in [3.05, 3.63) is 0 Å². The molecule has 37 heavy (non-hydrogen) atoms. The van der Waals surface area contributed by atoms with Crippen LogP contribution in [0.15, 0.2) is 0 Å². The lowest BCUT2D eigenvalue weighted by molar-refractivity contribution is -0.371. The summed E-state index contributed by atoms with van der Waals surface area (Å²) in [5.74, 6) is 0.239. The minimum atomic E-state index is -1.72. The Morgan fingerprint density at radius 2 is 1.32 bits per heavy atom. The van der Waals surface area contributed by atoms with E-state index in [1.165, 1.54) is 0 Å². The van der Waals surface area contributed by atoms with E-state index in [0.717, 1.165) is 25.7 Å². The smallest absolute Gasteiger partial charge is 0.187 e. The molecule has 0 radical (unpaired) electrons. The number of hydrogen-bond donors (Lipinski definition) is 7. The number of ether oxygens (including phenoxy) is 4. The molecule has 7 N–H and O–H groups in total. The van der Waals surface area contributed by atoms with Gasteiger partial charge in [0, 0.05) is 11.8 Å². The zero-order valence-corrected chi connectivity index (χ0v) is 22.2. The Bertz CT molecular complexity index is 683. The van der Waals surface area contributed by atoms with Gasteiger partial charge in [0.2, 0.25) is 0 Å². The van der Waals surface area contributed by atoms with Gasteiger partial charge in [-0.3, -0.25) is 4.79 Å². The van der Waals surface area contributed by atoms with Crippen LogP contribution in [0.1, 0.15) is 66.2 Å². The maximum Gasteiger partial charge on any atom is 0.187 e. The minimum absolute atomic E-state index is 0.239. The molecule has 12 heteroatoms. The summed E-state index contributed by atoms with van der Waals surface area (Å²) in [6.07, 6.45) is -10.5. The Hall–Kier alpha value is -0.770. The molecular formula is C25H46O12. The van der Waals surface area contributed by atoms with Crippen LogP contribution in [0.5, 0.6) is 0 Å². The highest BCUT2D eigenvalue weighted by Gasteiger charge is 2.51. The molecule has 11 atom stereocenters. The van der Waals surface area contributed by atoms with E-state index in [9.17, 15) is 40.5 Å². The van der Waals surface area contributed by atoms with Crippen LogP contribution in [-0.4, -0.2) is 122 Å². The fourth-order valence-electron chi connectivity index (χ4n) is 4.39. The molecule has 2 aliphatic heterocycles. The number of hydrogen-bond acceptors (Lipinski definition) is 12. The fraction of sp³-hybridized carbons (Fsp3) is 0.960. The first-order valence-corrected chi connectivity index (χ1v) is 13.1. The van der Waals surface area contributed by atoms with Crippen molar-refractivity contribution in [3.63, 3.8) is 0 Å².